The molecule has 2 aromatic carbocycles. The van der Waals surface area contributed by atoms with E-state index in [0.29, 0.717) is 5.58 Å². The van der Waals surface area contributed by atoms with Crippen LogP contribution in [0.3, 0.4) is 0 Å². The molecule has 0 unspecified atom stereocenters. The van der Waals surface area contributed by atoms with E-state index in [-0.39, 0.29) is 5.63 Å². The van der Waals surface area contributed by atoms with Gasteiger partial charge in [-0.2, -0.15) is 0 Å². The van der Waals surface area contributed by atoms with E-state index in [2.05, 4.69) is 6.92 Å². The molecule has 27 heavy (non-hydrogen) atoms. The SMILES string of the molecule is CCCCc1cc(=O)oc2cc(C)c3c(-c4ccc(OC)cc4)coc3c12. The Bertz CT molecular complexity index is 1160. The van der Waals surface area contributed by atoms with E-state index in [1.807, 2.05) is 37.3 Å². The summed E-state index contributed by atoms with van der Waals surface area (Å²) in [6.45, 7) is 4.16. The molecular weight excluding hydrogens is 340 g/mol. The smallest absolute Gasteiger partial charge is 0.336 e. The molecule has 2 aromatic heterocycles. The van der Waals surface area contributed by atoms with Gasteiger partial charge in [-0.25, -0.2) is 4.79 Å². The second kappa shape index (κ2) is 6.95. The summed E-state index contributed by atoms with van der Waals surface area (Å²) >= 11 is 0. The van der Waals surface area contributed by atoms with Crippen LogP contribution in [0.5, 0.6) is 5.75 Å². The molecule has 0 aliphatic rings. The summed E-state index contributed by atoms with van der Waals surface area (Å²) in [4.78, 5) is 12.0. The molecule has 4 nitrogen and oxygen atoms in total. The highest BCUT2D eigenvalue weighted by Gasteiger charge is 2.18. The van der Waals surface area contributed by atoms with Crippen molar-refractivity contribution in [3.63, 3.8) is 0 Å². The largest absolute Gasteiger partial charge is 0.497 e. The van der Waals surface area contributed by atoms with Gasteiger partial charge in [0, 0.05) is 17.0 Å². The highest BCUT2D eigenvalue weighted by atomic mass is 16.5. The van der Waals surface area contributed by atoms with Crippen LogP contribution in [0, 0.1) is 6.92 Å². The minimum absolute atomic E-state index is 0.311. The van der Waals surface area contributed by atoms with Gasteiger partial charge in [-0.1, -0.05) is 25.5 Å². The number of methoxy groups -OCH3 is 1. The number of unbranched alkanes of at least 4 members (excludes halogenated alkanes) is 1. The van der Waals surface area contributed by atoms with Gasteiger partial charge in [-0.15, -0.1) is 0 Å². The van der Waals surface area contributed by atoms with Crippen LogP contribution < -0.4 is 10.4 Å². The van der Waals surface area contributed by atoms with E-state index in [4.69, 9.17) is 13.6 Å². The zero-order valence-electron chi connectivity index (χ0n) is 15.8. The van der Waals surface area contributed by atoms with Crippen LogP contribution in [0.2, 0.25) is 0 Å². The third-order valence-corrected chi connectivity index (χ3v) is 5.03. The molecule has 0 saturated heterocycles. The zero-order chi connectivity index (χ0) is 19.0. The van der Waals surface area contributed by atoms with Crippen molar-refractivity contribution in [2.24, 2.45) is 0 Å². The highest BCUT2D eigenvalue weighted by molar-refractivity contribution is 6.10. The van der Waals surface area contributed by atoms with Crippen LogP contribution in [0.1, 0.15) is 30.9 Å². The van der Waals surface area contributed by atoms with Gasteiger partial charge in [0.15, 0.2) is 0 Å². The van der Waals surface area contributed by atoms with Crippen molar-refractivity contribution >= 4 is 21.9 Å². The summed E-state index contributed by atoms with van der Waals surface area (Å²) in [6.07, 6.45) is 4.69. The lowest BCUT2D eigenvalue weighted by Crippen LogP contribution is -2.01. The Morgan fingerprint density at radius 3 is 2.56 bits per heavy atom. The number of aryl methyl sites for hydroxylation is 2. The van der Waals surface area contributed by atoms with Crippen LogP contribution in [0.25, 0.3) is 33.1 Å². The van der Waals surface area contributed by atoms with E-state index in [9.17, 15) is 4.79 Å². The average molecular weight is 362 g/mol. The maximum atomic E-state index is 12.0. The minimum atomic E-state index is -0.311. The molecule has 4 rings (SSSR count). The maximum Gasteiger partial charge on any atom is 0.336 e. The molecule has 4 heteroatoms. The van der Waals surface area contributed by atoms with Crippen molar-refractivity contribution in [2.45, 2.75) is 33.1 Å². The normalized spacial score (nSPS) is 11.4. The molecule has 2 heterocycles. The molecule has 0 saturated carbocycles. The number of rotatable bonds is 5. The molecule has 0 radical (unpaired) electrons. The fourth-order valence-corrected chi connectivity index (χ4v) is 3.67. The molecule has 0 N–H and O–H groups in total. The average Bonchev–Trinajstić information content (AvgIpc) is 3.11. The molecule has 0 spiro atoms. The van der Waals surface area contributed by atoms with Crippen molar-refractivity contribution in [1.29, 1.82) is 0 Å². The summed E-state index contributed by atoms with van der Waals surface area (Å²) < 4.78 is 16.8. The Balaban J connectivity index is 1.99. The van der Waals surface area contributed by atoms with Crippen molar-refractivity contribution in [1.82, 2.24) is 0 Å². The van der Waals surface area contributed by atoms with Crippen molar-refractivity contribution in [2.75, 3.05) is 7.11 Å². The molecule has 138 valence electrons. The number of furan rings is 1. The van der Waals surface area contributed by atoms with Gasteiger partial charge in [-0.05, 0) is 54.7 Å². The summed E-state index contributed by atoms with van der Waals surface area (Å²) in [6, 6.07) is 11.5. The van der Waals surface area contributed by atoms with Crippen LogP contribution in [-0.4, -0.2) is 7.11 Å². The number of ether oxygens (including phenoxy) is 1. The number of hydrogen-bond donors (Lipinski definition) is 0. The lowest BCUT2D eigenvalue weighted by molar-refractivity contribution is 0.415. The fourth-order valence-electron chi connectivity index (χ4n) is 3.67. The topological polar surface area (TPSA) is 52.6 Å². The fraction of sp³-hybridized carbons (Fsp3) is 0.261. The first-order chi connectivity index (χ1) is 13.1. The van der Waals surface area contributed by atoms with Crippen LogP contribution >= 0.6 is 0 Å². The molecular formula is C23H22O4. The minimum Gasteiger partial charge on any atom is -0.497 e. The molecule has 4 aromatic rings. The van der Waals surface area contributed by atoms with Gasteiger partial charge in [0.25, 0.3) is 0 Å². The van der Waals surface area contributed by atoms with E-state index >= 15 is 0 Å². The van der Waals surface area contributed by atoms with Crippen molar-refractivity contribution in [3.05, 3.63) is 64.2 Å². The van der Waals surface area contributed by atoms with E-state index in [1.165, 1.54) is 0 Å². The molecule has 0 aliphatic carbocycles. The van der Waals surface area contributed by atoms with Crippen LogP contribution in [-0.2, 0) is 6.42 Å². The lowest BCUT2D eigenvalue weighted by Gasteiger charge is -2.08. The van der Waals surface area contributed by atoms with Crippen LogP contribution in [0.4, 0.5) is 0 Å². The van der Waals surface area contributed by atoms with E-state index in [1.54, 1.807) is 19.4 Å². The molecule has 0 bridgehead atoms. The Morgan fingerprint density at radius 1 is 1.07 bits per heavy atom. The van der Waals surface area contributed by atoms with Gasteiger partial charge in [0.2, 0.25) is 0 Å². The molecule has 0 atom stereocenters. The number of benzene rings is 2. The quantitative estimate of drug-likeness (QED) is 0.417. The Hall–Kier alpha value is -3.01. The Kier molecular flexibility index (Phi) is 4.48. The van der Waals surface area contributed by atoms with Gasteiger partial charge in [0.05, 0.1) is 18.8 Å². The first-order valence-corrected chi connectivity index (χ1v) is 9.24. The second-order valence-electron chi connectivity index (χ2n) is 6.84. The molecule has 0 amide bonds. The zero-order valence-corrected chi connectivity index (χ0v) is 15.8. The van der Waals surface area contributed by atoms with E-state index in [0.717, 1.165) is 63.6 Å². The second-order valence-corrected chi connectivity index (χ2v) is 6.84. The summed E-state index contributed by atoms with van der Waals surface area (Å²) in [5.74, 6) is 0.817. The molecule has 0 fully saturated rings. The Morgan fingerprint density at radius 2 is 1.85 bits per heavy atom. The highest BCUT2D eigenvalue weighted by Crippen LogP contribution is 2.38. The standard InChI is InChI=1S/C23H22O4/c1-4-5-6-16-12-20(24)27-19-11-14(2)21-18(13-26-23(21)22(16)19)15-7-9-17(25-3)10-8-15/h7-13H,4-6H2,1-3H3. The summed E-state index contributed by atoms with van der Waals surface area (Å²) in [5.41, 5.74) is 5.16. The first-order valence-electron chi connectivity index (χ1n) is 9.24. The van der Waals surface area contributed by atoms with Gasteiger partial charge >= 0.3 is 5.63 Å². The summed E-state index contributed by atoms with van der Waals surface area (Å²) in [7, 11) is 1.66. The third kappa shape index (κ3) is 3.01. The van der Waals surface area contributed by atoms with Crippen molar-refractivity contribution in [3.8, 4) is 16.9 Å². The third-order valence-electron chi connectivity index (χ3n) is 5.03. The first kappa shape index (κ1) is 17.4. The number of hydrogen-bond acceptors (Lipinski definition) is 4. The predicted molar refractivity (Wildman–Crippen MR) is 108 cm³/mol. The number of fused-ring (bicyclic) bond motifs is 3. The monoisotopic (exact) mass is 362 g/mol. The lowest BCUT2D eigenvalue weighted by atomic mass is 9.96. The molecule has 0 aliphatic heterocycles. The van der Waals surface area contributed by atoms with Crippen LogP contribution in [0.15, 0.2) is 56.3 Å². The maximum absolute atomic E-state index is 12.0. The van der Waals surface area contributed by atoms with E-state index < -0.39 is 0 Å². The van der Waals surface area contributed by atoms with Gasteiger partial charge in [0.1, 0.15) is 16.9 Å². The van der Waals surface area contributed by atoms with Crippen molar-refractivity contribution < 1.29 is 13.6 Å². The summed E-state index contributed by atoms with van der Waals surface area (Å²) in [5, 5.41) is 1.96. The Labute approximate surface area is 157 Å². The van der Waals surface area contributed by atoms with Gasteiger partial charge in [-0.3, -0.25) is 0 Å². The van der Waals surface area contributed by atoms with Gasteiger partial charge < -0.3 is 13.6 Å². The predicted octanol–water partition coefficient (Wildman–Crippen LogP) is 5.87.